The number of aliphatic hydroxyl groups is 1. The minimum absolute atomic E-state index is 0.0820. The number of ether oxygens (including phenoxy) is 1. The predicted octanol–water partition coefficient (Wildman–Crippen LogP) is 2.30. The van der Waals surface area contributed by atoms with Gasteiger partial charge >= 0.3 is 12.1 Å². The molecule has 2 rings (SSSR count). The van der Waals surface area contributed by atoms with Gasteiger partial charge in [0.05, 0.1) is 12.5 Å². The van der Waals surface area contributed by atoms with Gasteiger partial charge in [-0.05, 0) is 24.7 Å². The van der Waals surface area contributed by atoms with Crippen LogP contribution in [0.1, 0.15) is 12.8 Å². The zero-order valence-corrected chi connectivity index (χ0v) is 10.2. The Morgan fingerprint density at radius 2 is 1.95 bits per heavy atom. The second-order valence-corrected chi connectivity index (χ2v) is 5.15. The van der Waals surface area contributed by atoms with Gasteiger partial charge in [0.2, 0.25) is 0 Å². The molecule has 0 aliphatic heterocycles. The lowest BCUT2D eigenvalue weighted by molar-refractivity contribution is -0.315. The number of aliphatic hydroxyl groups excluding tert-OH is 1. The summed E-state index contributed by atoms with van der Waals surface area (Å²) in [5, 5.41) is 8.71. The lowest BCUT2D eigenvalue weighted by Gasteiger charge is -2.34. The van der Waals surface area contributed by atoms with E-state index in [-0.39, 0.29) is 11.8 Å². The molecule has 1 saturated carbocycles. The van der Waals surface area contributed by atoms with Gasteiger partial charge in [-0.15, -0.1) is 0 Å². The molecule has 0 radical (unpaired) electrons. The quantitative estimate of drug-likeness (QED) is 0.492. The number of hydrogen-bond acceptors (Lipinski definition) is 3. The number of rotatable bonds is 4. The van der Waals surface area contributed by atoms with Gasteiger partial charge in [0, 0.05) is 0 Å². The zero-order valence-electron chi connectivity index (χ0n) is 10.2. The third-order valence-corrected chi connectivity index (χ3v) is 3.93. The molecule has 4 atom stereocenters. The monoisotopic (exact) mass is 300 g/mol. The van der Waals surface area contributed by atoms with Crippen molar-refractivity contribution in [3.05, 3.63) is 12.2 Å². The van der Waals surface area contributed by atoms with E-state index >= 15 is 0 Å². The Morgan fingerprint density at radius 3 is 2.30 bits per heavy atom. The number of fused-ring (bicyclic) bond motifs is 2. The first-order chi connectivity index (χ1) is 9.21. The fourth-order valence-corrected chi connectivity index (χ4v) is 2.72. The van der Waals surface area contributed by atoms with Crippen LogP contribution in [0.2, 0.25) is 0 Å². The standard InChI is InChI=1S/C12H13F5O3/c13-10(14)11(5-18,12(15,16)17)20-9(19)8-4-6-1-2-7(8)3-6/h1-2,6-8,10,18H,3-5H2. The number of halogens is 5. The average Bonchev–Trinajstić information content (AvgIpc) is 2.95. The SMILES string of the molecule is O=C(OC(CO)(C(F)F)C(F)(F)F)C1CC2C=CC1C2. The predicted molar refractivity (Wildman–Crippen MR) is 56.8 cm³/mol. The Kier molecular flexibility index (Phi) is 3.79. The third kappa shape index (κ3) is 2.30. The van der Waals surface area contributed by atoms with Crippen LogP contribution in [0.4, 0.5) is 22.0 Å². The highest BCUT2D eigenvalue weighted by Gasteiger charge is 2.65. The minimum atomic E-state index is -5.54. The molecule has 0 aromatic rings. The van der Waals surface area contributed by atoms with E-state index in [1.807, 2.05) is 6.08 Å². The highest BCUT2D eigenvalue weighted by Crippen LogP contribution is 2.46. The van der Waals surface area contributed by atoms with Crippen molar-refractivity contribution in [1.82, 2.24) is 0 Å². The maximum absolute atomic E-state index is 12.7. The topological polar surface area (TPSA) is 46.5 Å². The van der Waals surface area contributed by atoms with Crippen molar-refractivity contribution < 1.29 is 36.6 Å². The van der Waals surface area contributed by atoms with Crippen LogP contribution in [0, 0.1) is 17.8 Å². The summed E-state index contributed by atoms with van der Waals surface area (Å²) in [5.74, 6) is -2.36. The minimum Gasteiger partial charge on any atom is -0.440 e. The highest BCUT2D eigenvalue weighted by atomic mass is 19.4. The molecule has 2 aliphatic rings. The second-order valence-electron chi connectivity index (χ2n) is 5.15. The van der Waals surface area contributed by atoms with Gasteiger partial charge in [0.15, 0.2) is 0 Å². The van der Waals surface area contributed by atoms with Crippen molar-refractivity contribution in [3.8, 4) is 0 Å². The van der Waals surface area contributed by atoms with Crippen molar-refractivity contribution in [1.29, 1.82) is 0 Å². The normalized spacial score (nSPS) is 31.6. The molecule has 3 nitrogen and oxygen atoms in total. The molecule has 1 fully saturated rings. The fraction of sp³-hybridized carbons (Fsp3) is 0.750. The van der Waals surface area contributed by atoms with Gasteiger partial charge in [-0.3, -0.25) is 4.79 Å². The second kappa shape index (κ2) is 4.98. The van der Waals surface area contributed by atoms with Crippen LogP contribution < -0.4 is 0 Å². The molecule has 8 heteroatoms. The molecule has 0 heterocycles. The van der Waals surface area contributed by atoms with Crippen molar-refractivity contribution in [2.45, 2.75) is 31.0 Å². The summed E-state index contributed by atoms with van der Waals surface area (Å²) in [5.41, 5.74) is -4.14. The molecular weight excluding hydrogens is 287 g/mol. The number of carbonyl (C=O) groups excluding carboxylic acids is 1. The Labute approximate surface area is 111 Å². The molecule has 0 aromatic heterocycles. The van der Waals surface area contributed by atoms with Crippen molar-refractivity contribution in [3.63, 3.8) is 0 Å². The Bertz CT molecular complexity index is 420. The van der Waals surface area contributed by atoms with Crippen LogP contribution in [0.3, 0.4) is 0 Å². The van der Waals surface area contributed by atoms with Gasteiger partial charge in [-0.1, -0.05) is 12.2 Å². The molecule has 0 amide bonds. The summed E-state index contributed by atoms with van der Waals surface area (Å²) in [6, 6.07) is 0. The summed E-state index contributed by atoms with van der Waals surface area (Å²) in [4.78, 5) is 11.8. The van der Waals surface area contributed by atoms with Gasteiger partial charge in [0.25, 0.3) is 12.0 Å². The summed E-state index contributed by atoms with van der Waals surface area (Å²) in [6.45, 7) is -2.00. The molecule has 0 spiro atoms. The van der Waals surface area contributed by atoms with E-state index in [1.165, 1.54) is 0 Å². The largest absolute Gasteiger partial charge is 0.440 e. The van der Waals surface area contributed by atoms with E-state index in [0.717, 1.165) is 0 Å². The Morgan fingerprint density at radius 1 is 1.30 bits per heavy atom. The van der Waals surface area contributed by atoms with Gasteiger partial charge in [-0.25, -0.2) is 8.78 Å². The number of hydrogen-bond donors (Lipinski definition) is 1. The van der Waals surface area contributed by atoms with Crippen LogP contribution in [0.5, 0.6) is 0 Å². The van der Waals surface area contributed by atoms with Crippen molar-refractivity contribution in [2.75, 3.05) is 6.61 Å². The van der Waals surface area contributed by atoms with E-state index in [4.69, 9.17) is 5.11 Å². The first-order valence-corrected chi connectivity index (χ1v) is 6.08. The maximum Gasteiger partial charge on any atom is 0.436 e. The van der Waals surface area contributed by atoms with E-state index < -0.39 is 36.7 Å². The lowest BCUT2D eigenvalue weighted by Crippen LogP contribution is -2.58. The number of carbonyl (C=O) groups is 1. The third-order valence-electron chi connectivity index (χ3n) is 3.93. The zero-order chi connectivity index (χ0) is 15.1. The highest BCUT2D eigenvalue weighted by molar-refractivity contribution is 5.74. The number of esters is 1. The first kappa shape index (κ1) is 15.2. The van der Waals surface area contributed by atoms with E-state index in [0.29, 0.717) is 12.8 Å². The molecule has 20 heavy (non-hydrogen) atoms. The maximum atomic E-state index is 12.7. The van der Waals surface area contributed by atoms with E-state index in [1.54, 1.807) is 6.08 Å². The molecule has 4 unspecified atom stereocenters. The molecular formula is C12H13F5O3. The fourth-order valence-electron chi connectivity index (χ4n) is 2.72. The summed E-state index contributed by atoms with van der Waals surface area (Å²) in [7, 11) is 0. The van der Waals surface area contributed by atoms with Crippen molar-refractivity contribution >= 4 is 5.97 Å². The molecule has 1 N–H and O–H groups in total. The molecule has 2 aliphatic carbocycles. The Balaban J connectivity index is 2.16. The van der Waals surface area contributed by atoms with Crippen LogP contribution in [-0.4, -0.2) is 35.9 Å². The number of allylic oxidation sites excluding steroid dienone is 2. The molecule has 2 bridgehead atoms. The van der Waals surface area contributed by atoms with Crippen LogP contribution in [0.25, 0.3) is 0 Å². The van der Waals surface area contributed by atoms with Crippen LogP contribution in [-0.2, 0) is 9.53 Å². The van der Waals surface area contributed by atoms with Crippen LogP contribution >= 0.6 is 0 Å². The summed E-state index contributed by atoms with van der Waals surface area (Å²) in [6.07, 6.45) is -5.14. The molecule has 0 aromatic carbocycles. The van der Waals surface area contributed by atoms with Crippen LogP contribution in [0.15, 0.2) is 12.2 Å². The van der Waals surface area contributed by atoms with Gasteiger partial charge < -0.3 is 9.84 Å². The summed E-state index contributed by atoms with van der Waals surface area (Å²) < 4.78 is 67.7. The first-order valence-electron chi connectivity index (χ1n) is 6.08. The Hall–Kier alpha value is -1.18. The van der Waals surface area contributed by atoms with E-state index in [2.05, 4.69) is 4.74 Å². The molecule has 114 valence electrons. The average molecular weight is 300 g/mol. The lowest BCUT2D eigenvalue weighted by atomic mass is 9.93. The van der Waals surface area contributed by atoms with Gasteiger partial charge in [-0.2, -0.15) is 13.2 Å². The number of alkyl halides is 5. The molecule has 0 saturated heterocycles. The van der Waals surface area contributed by atoms with E-state index in [9.17, 15) is 26.7 Å². The summed E-state index contributed by atoms with van der Waals surface area (Å²) >= 11 is 0. The van der Waals surface area contributed by atoms with Gasteiger partial charge in [0.1, 0.15) is 0 Å². The van der Waals surface area contributed by atoms with Crippen molar-refractivity contribution in [2.24, 2.45) is 17.8 Å². The smallest absolute Gasteiger partial charge is 0.436 e.